The fourth-order valence-corrected chi connectivity index (χ4v) is 5.03. The van der Waals surface area contributed by atoms with E-state index < -0.39 is 17.8 Å². The Labute approximate surface area is 206 Å². The molecule has 2 fully saturated rings. The monoisotopic (exact) mass is 560 g/mol. The number of ether oxygens (including phenoxy) is 2. The highest BCUT2D eigenvalue weighted by molar-refractivity contribution is 14.1. The molecule has 2 aliphatic rings. The van der Waals surface area contributed by atoms with Gasteiger partial charge in [0.15, 0.2) is 11.5 Å². The molecule has 1 saturated carbocycles. The number of hydrogen-bond acceptors (Lipinski definition) is 5. The number of aryl methyl sites for hydroxylation is 1. The largest absolute Gasteiger partial charge is 0.493 e. The van der Waals surface area contributed by atoms with Gasteiger partial charge in [0.25, 0.3) is 11.8 Å². The van der Waals surface area contributed by atoms with Crippen molar-refractivity contribution in [2.24, 2.45) is 0 Å². The van der Waals surface area contributed by atoms with Crippen molar-refractivity contribution in [3.8, 4) is 11.5 Å². The van der Waals surface area contributed by atoms with E-state index in [1.165, 1.54) is 11.0 Å². The van der Waals surface area contributed by atoms with E-state index in [0.29, 0.717) is 23.7 Å². The lowest BCUT2D eigenvalue weighted by Gasteiger charge is -2.31. The summed E-state index contributed by atoms with van der Waals surface area (Å²) in [7, 11) is 1.54. The Morgan fingerprint density at radius 1 is 1.15 bits per heavy atom. The molecule has 0 spiro atoms. The number of nitrogens with one attached hydrogen (secondary N) is 1. The molecule has 33 heavy (non-hydrogen) atoms. The van der Waals surface area contributed by atoms with E-state index in [9.17, 15) is 14.4 Å². The van der Waals surface area contributed by atoms with Crippen LogP contribution in [0.15, 0.2) is 42.0 Å². The van der Waals surface area contributed by atoms with Crippen LogP contribution in [0.3, 0.4) is 0 Å². The first-order chi connectivity index (χ1) is 15.9. The molecule has 2 aromatic rings. The fraction of sp³-hybridized carbons (Fsp3) is 0.320. The van der Waals surface area contributed by atoms with E-state index in [-0.39, 0.29) is 11.6 Å². The molecule has 0 atom stereocenters. The second-order valence-electron chi connectivity index (χ2n) is 8.24. The highest BCUT2D eigenvalue weighted by Gasteiger charge is 2.40. The molecule has 172 valence electrons. The highest BCUT2D eigenvalue weighted by atomic mass is 127. The van der Waals surface area contributed by atoms with Gasteiger partial charge in [-0.15, -0.1) is 0 Å². The van der Waals surface area contributed by atoms with E-state index in [0.717, 1.165) is 40.4 Å². The molecule has 0 unspecified atom stereocenters. The molecular weight excluding hydrogens is 535 g/mol. The average Bonchev–Trinajstić information content (AvgIpc) is 3.29. The number of hydrogen-bond donors (Lipinski definition) is 1. The first-order valence-electron chi connectivity index (χ1n) is 10.8. The van der Waals surface area contributed by atoms with Gasteiger partial charge in [-0.1, -0.05) is 42.7 Å². The smallest absolute Gasteiger partial charge is 0.331 e. The predicted molar refractivity (Wildman–Crippen MR) is 132 cm³/mol. The molecule has 0 radical (unpaired) electrons. The van der Waals surface area contributed by atoms with E-state index in [4.69, 9.17) is 9.47 Å². The number of benzene rings is 2. The molecule has 0 aromatic heterocycles. The van der Waals surface area contributed by atoms with Gasteiger partial charge in [0.05, 0.1) is 10.7 Å². The molecule has 1 N–H and O–H groups in total. The van der Waals surface area contributed by atoms with Crippen molar-refractivity contribution < 1.29 is 23.9 Å². The lowest BCUT2D eigenvalue weighted by Crippen LogP contribution is -2.57. The number of barbiturate groups is 1. The highest BCUT2D eigenvalue weighted by Crippen LogP contribution is 2.36. The number of amides is 4. The van der Waals surface area contributed by atoms with Crippen molar-refractivity contribution >= 4 is 46.5 Å². The van der Waals surface area contributed by atoms with E-state index in [1.807, 2.05) is 31.2 Å². The number of carbonyl (C=O) groups is 3. The zero-order valence-corrected chi connectivity index (χ0v) is 20.7. The van der Waals surface area contributed by atoms with Crippen LogP contribution in [0.4, 0.5) is 4.79 Å². The predicted octanol–water partition coefficient (Wildman–Crippen LogP) is 4.59. The quantitative estimate of drug-likeness (QED) is 0.318. The number of methoxy groups -OCH3 is 1. The van der Waals surface area contributed by atoms with Crippen LogP contribution in [0.2, 0.25) is 0 Å². The lowest BCUT2D eigenvalue weighted by molar-refractivity contribution is -0.131. The molecule has 7 nitrogen and oxygen atoms in total. The zero-order chi connectivity index (χ0) is 23.5. The number of halogens is 1. The Kier molecular flexibility index (Phi) is 7.02. The maximum absolute atomic E-state index is 13.0. The SMILES string of the molecule is COc1cc(/C=C2\C(=O)NC(=O)N(C3CCCC3)C2=O)cc(I)c1OCc1cccc(C)c1. The lowest BCUT2D eigenvalue weighted by atomic mass is 10.0. The molecular formula is C25H25IN2O5. The molecule has 1 aliphatic carbocycles. The Bertz CT molecular complexity index is 1140. The van der Waals surface area contributed by atoms with Gasteiger partial charge in [-0.05, 0) is 71.7 Å². The van der Waals surface area contributed by atoms with E-state index >= 15 is 0 Å². The number of imide groups is 2. The molecule has 1 heterocycles. The number of urea groups is 1. The second-order valence-corrected chi connectivity index (χ2v) is 9.40. The van der Waals surface area contributed by atoms with Crippen LogP contribution >= 0.6 is 22.6 Å². The van der Waals surface area contributed by atoms with Crippen molar-refractivity contribution in [1.29, 1.82) is 0 Å². The number of carbonyl (C=O) groups excluding carboxylic acids is 3. The third kappa shape index (κ3) is 5.05. The third-order valence-electron chi connectivity index (χ3n) is 5.85. The molecule has 1 aliphatic heterocycles. The molecule has 0 bridgehead atoms. The summed E-state index contributed by atoms with van der Waals surface area (Å²) in [5, 5.41) is 2.31. The summed E-state index contributed by atoms with van der Waals surface area (Å²) < 4.78 is 12.3. The second kappa shape index (κ2) is 9.94. The standard InChI is InChI=1S/C25H25IN2O5/c1-15-6-5-7-16(10-15)14-33-22-20(26)12-17(13-21(22)32-2)11-19-23(29)27-25(31)28(24(19)30)18-8-3-4-9-18/h5-7,10-13,18H,3-4,8-9,14H2,1-2H3,(H,27,29,31)/b19-11+. The average molecular weight is 560 g/mol. The normalized spacial score (nSPS) is 18.1. The van der Waals surface area contributed by atoms with Crippen LogP contribution in [-0.2, 0) is 16.2 Å². The minimum Gasteiger partial charge on any atom is -0.493 e. The minimum atomic E-state index is -0.687. The van der Waals surface area contributed by atoms with Gasteiger partial charge in [0, 0.05) is 6.04 Å². The fourth-order valence-electron chi connectivity index (χ4n) is 4.25. The van der Waals surface area contributed by atoms with Gasteiger partial charge in [-0.3, -0.25) is 19.8 Å². The summed E-state index contributed by atoms with van der Waals surface area (Å²) >= 11 is 2.14. The Morgan fingerprint density at radius 2 is 1.91 bits per heavy atom. The minimum absolute atomic E-state index is 0.0622. The maximum Gasteiger partial charge on any atom is 0.331 e. The summed E-state index contributed by atoms with van der Waals surface area (Å²) in [5.74, 6) is -0.157. The van der Waals surface area contributed by atoms with Crippen LogP contribution < -0.4 is 14.8 Å². The van der Waals surface area contributed by atoms with E-state index in [2.05, 4.69) is 34.0 Å². The first-order valence-corrected chi connectivity index (χ1v) is 11.9. The van der Waals surface area contributed by atoms with Gasteiger partial charge in [-0.25, -0.2) is 4.79 Å². The van der Waals surface area contributed by atoms with Crippen LogP contribution in [0.5, 0.6) is 11.5 Å². The van der Waals surface area contributed by atoms with Crippen LogP contribution in [0.25, 0.3) is 6.08 Å². The van der Waals surface area contributed by atoms with Gasteiger partial charge >= 0.3 is 6.03 Å². The molecule has 1 saturated heterocycles. The van der Waals surface area contributed by atoms with Gasteiger partial charge in [-0.2, -0.15) is 0 Å². The Hall–Kier alpha value is -2.88. The molecule has 8 heteroatoms. The maximum atomic E-state index is 13.0. The number of nitrogens with zero attached hydrogens (tertiary/aromatic N) is 1. The van der Waals surface area contributed by atoms with Crippen molar-refractivity contribution in [3.05, 3.63) is 62.2 Å². The summed E-state index contributed by atoms with van der Waals surface area (Å²) in [5.41, 5.74) is 2.74. The number of rotatable bonds is 6. The van der Waals surface area contributed by atoms with Crippen molar-refractivity contribution in [1.82, 2.24) is 10.2 Å². The molecule has 4 amide bonds. The Balaban J connectivity index is 1.60. The van der Waals surface area contributed by atoms with Crippen LogP contribution in [-0.4, -0.2) is 35.9 Å². The van der Waals surface area contributed by atoms with Crippen molar-refractivity contribution in [2.75, 3.05) is 7.11 Å². The van der Waals surface area contributed by atoms with Gasteiger partial charge in [0.2, 0.25) is 0 Å². The van der Waals surface area contributed by atoms with Crippen molar-refractivity contribution in [2.45, 2.75) is 45.3 Å². The van der Waals surface area contributed by atoms with Crippen LogP contribution in [0, 0.1) is 10.5 Å². The van der Waals surface area contributed by atoms with Crippen LogP contribution in [0.1, 0.15) is 42.4 Å². The summed E-state index contributed by atoms with van der Waals surface area (Å²) in [6, 6.07) is 10.8. The summed E-state index contributed by atoms with van der Waals surface area (Å²) in [6.45, 7) is 2.41. The molecule has 4 rings (SSSR count). The van der Waals surface area contributed by atoms with Gasteiger partial charge < -0.3 is 9.47 Å². The summed E-state index contributed by atoms with van der Waals surface area (Å²) in [4.78, 5) is 39.0. The first kappa shape index (κ1) is 23.3. The third-order valence-corrected chi connectivity index (χ3v) is 6.65. The van der Waals surface area contributed by atoms with Crippen molar-refractivity contribution in [3.63, 3.8) is 0 Å². The van der Waals surface area contributed by atoms with Gasteiger partial charge in [0.1, 0.15) is 12.2 Å². The Morgan fingerprint density at radius 3 is 2.61 bits per heavy atom. The molecule has 2 aromatic carbocycles. The topological polar surface area (TPSA) is 84.9 Å². The summed E-state index contributed by atoms with van der Waals surface area (Å²) in [6.07, 6.45) is 4.96. The zero-order valence-electron chi connectivity index (χ0n) is 18.5. The van der Waals surface area contributed by atoms with E-state index in [1.54, 1.807) is 13.2 Å².